The molecule has 3 rings (SSSR count). The zero-order valence-electron chi connectivity index (χ0n) is 14.1. The molecule has 1 aliphatic rings. The standard InChI is InChI=1S/C19H18Cl2N2O3/c1-2-19(13-5-9-15(21)10-6-13)17(25)23(18(26)22-19)11-16(24)12-3-7-14(20)8-4-12/h3-10,16,24H,2,11H2,1H3,(H,22,26)/t16-,19+/m0/s1. The van der Waals surface area contributed by atoms with Gasteiger partial charge in [-0.15, -0.1) is 0 Å². The number of nitrogens with zero attached hydrogens (tertiary/aromatic N) is 1. The number of carbonyl (C=O) groups excluding carboxylic acids is 2. The summed E-state index contributed by atoms with van der Waals surface area (Å²) in [6, 6.07) is 12.9. The number of β-amino-alcohol motifs (C(OH)–C–C–N with tert-alkyl or cyclic N) is 1. The number of urea groups is 1. The topological polar surface area (TPSA) is 69.6 Å². The normalized spacial score (nSPS) is 21.0. The lowest BCUT2D eigenvalue weighted by Gasteiger charge is -2.26. The second-order valence-corrected chi connectivity index (χ2v) is 7.05. The minimum Gasteiger partial charge on any atom is -0.387 e. The molecule has 0 aliphatic carbocycles. The SMILES string of the molecule is CC[C@]1(c2ccc(Cl)cc2)NC(=O)N(C[C@H](O)c2ccc(Cl)cc2)C1=O. The molecule has 2 aromatic rings. The van der Waals surface area contributed by atoms with Crippen LogP contribution in [0.2, 0.25) is 10.0 Å². The van der Waals surface area contributed by atoms with E-state index in [9.17, 15) is 14.7 Å². The van der Waals surface area contributed by atoms with Gasteiger partial charge in [0.25, 0.3) is 5.91 Å². The number of carbonyl (C=O) groups is 2. The van der Waals surface area contributed by atoms with E-state index in [1.54, 1.807) is 48.5 Å². The zero-order chi connectivity index (χ0) is 18.9. The maximum absolute atomic E-state index is 13.1. The highest BCUT2D eigenvalue weighted by Gasteiger charge is 2.51. The molecule has 0 aromatic heterocycles. The third-order valence-corrected chi connectivity index (χ3v) is 5.16. The average molecular weight is 393 g/mol. The number of benzene rings is 2. The number of imide groups is 1. The van der Waals surface area contributed by atoms with Crippen LogP contribution in [0.1, 0.15) is 30.6 Å². The Balaban J connectivity index is 1.85. The van der Waals surface area contributed by atoms with Crippen LogP contribution in [0, 0.1) is 0 Å². The number of amides is 3. The summed E-state index contributed by atoms with van der Waals surface area (Å²) >= 11 is 11.8. The predicted molar refractivity (Wildman–Crippen MR) is 100 cm³/mol. The molecule has 0 bridgehead atoms. The van der Waals surface area contributed by atoms with E-state index in [-0.39, 0.29) is 12.5 Å². The molecule has 0 radical (unpaired) electrons. The molecule has 0 saturated carbocycles. The minimum absolute atomic E-state index is 0.137. The first-order chi connectivity index (χ1) is 12.4. The van der Waals surface area contributed by atoms with Crippen molar-refractivity contribution in [3.05, 3.63) is 69.7 Å². The van der Waals surface area contributed by atoms with Crippen molar-refractivity contribution in [2.75, 3.05) is 6.54 Å². The monoisotopic (exact) mass is 392 g/mol. The van der Waals surface area contributed by atoms with Gasteiger partial charge in [0.05, 0.1) is 12.6 Å². The van der Waals surface area contributed by atoms with Gasteiger partial charge in [0.2, 0.25) is 0 Å². The first kappa shape index (κ1) is 18.7. The van der Waals surface area contributed by atoms with Gasteiger partial charge in [0.15, 0.2) is 0 Å². The highest BCUT2D eigenvalue weighted by Crippen LogP contribution is 2.34. The second kappa shape index (κ2) is 7.27. The Morgan fingerprint density at radius 1 is 1.04 bits per heavy atom. The Morgan fingerprint density at radius 2 is 1.58 bits per heavy atom. The lowest BCUT2D eigenvalue weighted by molar-refractivity contribution is -0.132. The number of hydrogen-bond donors (Lipinski definition) is 2. The molecule has 3 amide bonds. The molecule has 0 unspecified atom stereocenters. The Labute approximate surface area is 161 Å². The number of halogens is 2. The predicted octanol–water partition coefficient (Wildman–Crippen LogP) is 3.88. The van der Waals surface area contributed by atoms with E-state index in [2.05, 4.69) is 5.32 Å². The van der Waals surface area contributed by atoms with Crippen molar-refractivity contribution in [1.82, 2.24) is 10.2 Å². The molecule has 1 heterocycles. The zero-order valence-corrected chi connectivity index (χ0v) is 15.6. The maximum atomic E-state index is 13.1. The Hall–Kier alpha value is -2.08. The van der Waals surface area contributed by atoms with Gasteiger partial charge in [-0.05, 0) is 41.8 Å². The fourth-order valence-corrected chi connectivity index (χ4v) is 3.38. The van der Waals surface area contributed by atoms with Gasteiger partial charge < -0.3 is 10.4 Å². The van der Waals surface area contributed by atoms with Crippen molar-refractivity contribution in [2.45, 2.75) is 25.0 Å². The molecule has 26 heavy (non-hydrogen) atoms. The smallest absolute Gasteiger partial charge is 0.325 e. The maximum Gasteiger partial charge on any atom is 0.325 e. The molecule has 1 fully saturated rings. The highest BCUT2D eigenvalue weighted by molar-refractivity contribution is 6.30. The molecule has 0 spiro atoms. The summed E-state index contributed by atoms with van der Waals surface area (Å²) < 4.78 is 0. The second-order valence-electron chi connectivity index (χ2n) is 6.18. The lowest BCUT2D eigenvalue weighted by atomic mass is 9.87. The van der Waals surface area contributed by atoms with Crippen LogP contribution in [0.3, 0.4) is 0 Å². The average Bonchev–Trinajstić information content (AvgIpc) is 2.88. The summed E-state index contributed by atoms with van der Waals surface area (Å²) in [6.07, 6.45) is -0.618. The van der Waals surface area contributed by atoms with Crippen molar-refractivity contribution in [1.29, 1.82) is 0 Å². The molecule has 2 N–H and O–H groups in total. The van der Waals surface area contributed by atoms with Crippen LogP contribution < -0.4 is 5.32 Å². The Kier molecular flexibility index (Phi) is 5.23. The molecular weight excluding hydrogens is 375 g/mol. The van der Waals surface area contributed by atoms with E-state index in [0.29, 0.717) is 27.6 Å². The number of nitrogens with one attached hydrogen (secondary N) is 1. The van der Waals surface area contributed by atoms with Crippen molar-refractivity contribution in [3.8, 4) is 0 Å². The van der Waals surface area contributed by atoms with Gasteiger partial charge in [-0.2, -0.15) is 0 Å². The Morgan fingerprint density at radius 3 is 2.12 bits per heavy atom. The first-order valence-corrected chi connectivity index (χ1v) is 8.96. The largest absolute Gasteiger partial charge is 0.387 e. The minimum atomic E-state index is -1.15. The van der Waals surface area contributed by atoms with E-state index in [1.807, 2.05) is 6.92 Å². The molecule has 5 nitrogen and oxygen atoms in total. The molecule has 2 atom stereocenters. The van der Waals surface area contributed by atoms with Crippen LogP contribution in [-0.4, -0.2) is 28.5 Å². The van der Waals surface area contributed by atoms with Crippen molar-refractivity contribution in [2.24, 2.45) is 0 Å². The van der Waals surface area contributed by atoms with Crippen LogP contribution in [0.4, 0.5) is 4.79 Å². The van der Waals surface area contributed by atoms with E-state index in [1.165, 1.54) is 0 Å². The van der Waals surface area contributed by atoms with E-state index in [0.717, 1.165) is 4.90 Å². The molecule has 1 saturated heterocycles. The fraction of sp³-hybridized carbons (Fsp3) is 0.263. The molecule has 2 aromatic carbocycles. The van der Waals surface area contributed by atoms with E-state index >= 15 is 0 Å². The van der Waals surface area contributed by atoms with Crippen LogP contribution in [0.25, 0.3) is 0 Å². The molecule has 7 heteroatoms. The van der Waals surface area contributed by atoms with Gasteiger partial charge >= 0.3 is 6.03 Å². The number of aliphatic hydroxyl groups is 1. The molecular formula is C19H18Cl2N2O3. The van der Waals surface area contributed by atoms with Gasteiger partial charge in [-0.3, -0.25) is 9.69 Å². The lowest BCUT2D eigenvalue weighted by Crippen LogP contribution is -2.43. The van der Waals surface area contributed by atoms with Crippen molar-refractivity contribution < 1.29 is 14.7 Å². The van der Waals surface area contributed by atoms with Gasteiger partial charge in [-0.25, -0.2) is 4.79 Å². The van der Waals surface area contributed by atoms with Crippen LogP contribution in [0.5, 0.6) is 0 Å². The van der Waals surface area contributed by atoms with Crippen LogP contribution in [0.15, 0.2) is 48.5 Å². The summed E-state index contributed by atoms with van der Waals surface area (Å²) in [6.45, 7) is 1.69. The number of rotatable bonds is 5. The summed E-state index contributed by atoms with van der Waals surface area (Å²) in [5.74, 6) is -0.389. The highest BCUT2D eigenvalue weighted by atomic mass is 35.5. The summed E-state index contributed by atoms with van der Waals surface area (Å²) in [7, 11) is 0. The molecule has 136 valence electrons. The fourth-order valence-electron chi connectivity index (χ4n) is 3.13. The van der Waals surface area contributed by atoms with Gasteiger partial charge in [0.1, 0.15) is 5.54 Å². The van der Waals surface area contributed by atoms with E-state index in [4.69, 9.17) is 23.2 Å². The third-order valence-electron chi connectivity index (χ3n) is 4.65. The summed E-state index contributed by atoms with van der Waals surface area (Å²) in [4.78, 5) is 26.6. The number of aliphatic hydroxyl groups excluding tert-OH is 1. The van der Waals surface area contributed by atoms with Gasteiger partial charge in [0, 0.05) is 10.0 Å². The van der Waals surface area contributed by atoms with Crippen LogP contribution >= 0.6 is 23.2 Å². The van der Waals surface area contributed by atoms with Gasteiger partial charge in [-0.1, -0.05) is 54.4 Å². The van der Waals surface area contributed by atoms with Crippen LogP contribution in [-0.2, 0) is 10.3 Å². The van der Waals surface area contributed by atoms with Crippen molar-refractivity contribution >= 4 is 35.1 Å². The van der Waals surface area contributed by atoms with E-state index < -0.39 is 17.7 Å². The summed E-state index contributed by atoms with van der Waals surface area (Å²) in [5, 5.41) is 14.3. The summed E-state index contributed by atoms with van der Waals surface area (Å²) in [5.41, 5.74) is 0.0863. The Bertz CT molecular complexity index is 824. The first-order valence-electron chi connectivity index (χ1n) is 8.21. The molecule has 1 aliphatic heterocycles. The quantitative estimate of drug-likeness (QED) is 0.758. The van der Waals surface area contributed by atoms with Crippen molar-refractivity contribution in [3.63, 3.8) is 0 Å². The third kappa shape index (κ3) is 3.30. The number of hydrogen-bond acceptors (Lipinski definition) is 3.